The lowest BCUT2D eigenvalue weighted by molar-refractivity contribution is 0.0952. The number of hydrogen-bond donors (Lipinski definition) is 1. The normalized spacial score (nSPS) is 10.2. The Hall–Kier alpha value is -1.88. The van der Waals surface area contributed by atoms with Crippen LogP contribution in [0.15, 0.2) is 36.2 Å². The minimum Gasteiger partial charge on any atom is -0.347 e. The zero-order valence-corrected chi connectivity index (χ0v) is 10.3. The SMILES string of the molecule is C=CCNC(=O)c1cc(-c2cccs2)n(C)n1. The summed E-state index contributed by atoms with van der Waals surface area (Å²) in [6, 6.07) is 5.78. The van der Waals surface area contributed by atoms with Gasteiger partial charge < -0.3 is 5.32 Å². The highest BCUT2D eigenvalue weighted by molar-refractivity contribution is 7.13. The summed E-state index contributed by atoms with van der Waals surface area (Å²) in [5, 5.41) is 8.90. The molecule has 5 heteroatoms. The van der Waals surface area contributed by atoms with Crippen molar-refractivity contribution < 1.29 is 4.79 Å². The molecule has 17 heavy (non-hydrogen) atoms. The second-order valence-corrected chi connectivity index (χ2v) is 4.46. The van der Waals surface area contributed by atoms with E-state index >= 15 is 0 Å². The molecule has 0 atom stereocenters. The zero-order valence-electron chi connectivity index (χ0n) is 9.51. The van der Waals surface area contributed by atoms with Gasteiger partial charge in [-0.3, -0.25) is 9.48 Å². The molecule has 0 aliphatic carbocycles. The predicted molar refractivity (Wildman–Crippen MR) is 69.1 cm³/mol. The molecule has 1 amide bonds. The summed E-state index contributed by atoms with van der Waals surface area (Å²) in [5.74, 6) is -0.177. The molecular formula is C12H13N3OS. The van der Waals surface area contributed by atoms with Crippen LogP contribution in [0.4, 0.5) is 0 Å². The van der Waals surface area contributed by atoms with Gasteiger partial charge in [0.05, 0.1) is 10.6 Å². The molecule has 0 radical (unpaired) electrons. The minimum absolute atomic E-state index is 0.177. The van der Waals surface area contributed by atoms with Gasteiger partial charge in [-0.15, -0.1) is 17.9 Å². The maximum Gasteiger partial charge on any atom is 0.272 e. The van der Waals surface area contributed by atoms with E-state index in [0.717, 1.165) is 10.6 Å². The number of hydrogen-bond acceptors (Lipinski definition) is 3. The minimum atomic E-state index is -0.177. The van der Waals surface area contributed by atoms with E-state index in [4.69, 9.17) is 0 Å². The van der Waals surface area contributed by atoms with Crippen molar-refractivity contribution in [3.63, 3.8) is 0 Å². The number of rotatable bonds is 4. The lowest BCUT2D eigenvalue weighted by Crippen LogP contribution is -2.23. The maximum absolute atomic E-state index is 11.7. The Morgan fingerprint density at radius 3 is 3.18 bits per heavy atom. The molecule has 0 unspecified atom stereocenters. The van der Waals surface area contributed by atoms with E-state index in [1.54, 1.807) is 28.2 Å². The molecule has 0 aliphatic heterocycles. The zero-order chi connectivity index (χ0) is 12.3. The van der Waals surface area contributed by atoms with Crippen LogP contribution in [0.5, 0.6) is 0 Å². The third-order valence-corrected chi connectivity index (χ3v) is 3.19. The van der Waals surface area contributed by atoms with E-state index in [0.29, 0.717) is 12.2 Å². The Bertz CT molecular complexity index is 528. The third kappa shape index (κ3) is 2.45. The fourth-order valence-electron chi connectivity index (χ4n) is 1.49. The Balaban J connectivity index is 2.24. The monoisotopic (exact) mass is 247 g/mol. The van der Waals surface area contributed by atoms with E-state index in [1.165, 1.54) is 0 Å². The van der Waals surface area contributed by atoms with Crippen LogP contribution in [0.1, 0.15) is 10.5 Å². The summed E-state index contributed by atoms with van der Waals surface area (Å²) < 4.78 is 1.72. The van der Waals surface area contributed by atoms with Crippen molar-refractivity contribution in [1.29, 1.82) is 0 Å². The van der Waals surface area contributed by atoms with E-state index in [-0.39, 0.29) is 5.91 Å². The average molecular weight is 247 g/mol. The summed E-state index contributed by atoms with van der Waals surface area (Å²) in [6.07, 6.45) is 1.64. The quantitative estimate of drug-likeness (QED) is 0.841. The number of amides is 1. The van der Waals surface area contributed by atoms with Gasteiger partial charge in [0.25, 0.3) is 5.91 Å². The lowest BCUT2D eigenvalue weighted by atomic mass is 10.3. The van der Waals surface area contributed by atoms with E-state index in [9.17, 15) is 4.79 Å². The molecule has 0 spiro atoms. The second-order valence-electron chi connectivity index (χ2n) is 3.51. The largest absolute Gasteiger partial charge is 0.347 e. The number of aryl methyl sites for hydroxylation is 1. The van der Waals surface area contributed by atoms with Crippen molar-refractivity contribution in [1.82, 2.24) is 15.1 Å². The first-order valence-corrected chi connectivity index (χ1v) is 6.07. The molecule has 2 aromatic heterocycles. The van der Waals surface area contributed by atoms with Crippen LogP contribution in [0.2, 0.25) is 0 Å². The molecule has 0 saturated carbocycles. The smallest absolute Gasteiger partial charge is 0.272 e. The first-order valence-electron chi connectivity index (χ1n) is 5.19. The molecule has 4 nitrogen and oxygen atoms in total. The Morgan fingerprint density at radius 2 is 2.53 bits per heavy atom. The van der Waals surface area contributed by atoms with Crippen LogP contribution >= 0.6 is 11.3 Å². The third-order valence-electron chi connectivity index (χ3n) is 2.29. The molecule has 0 aliphatic rings. The highest BCUT2D eigenvalue weighted by Crippen LogP contribution is 2.24. The van der Waals surface area contributed by atoms with Crippen molar-refractivity contribution in [2.45, 2.75) is 0 Å². The molecule has 2 heterocycles. The van der Waals surface area contributed by atoms with Crippen LogP contribution in [0.25, 0.3) is 10.6 Å². The van der Waals surface area contributed by atoms with E-state index in [2.05, 4.69) is 17.0 Å². The Labute approximate surface area is 104 Å². The standard InChI is InChI=1S/C12H13N3OS/c1-3-6-13-12(16)9-8-10(15(2)14-9)11-5-4-7-17-11/h3-5,7-8H,1,6H2,2H3,(H,13,16). The molecular weight excluding hydrogens is 234 g/mol. The number of nitrogens with one attached hydrogen (secondary N) is 1. The first kappa shape index (κ1) is 11.6. The van der Waals surface area contributed by atoms with Crippen molar-refractivity contribution in [3.05, 3.63) is 41.9 Å². The van der Waals surface area contributed by atoms with E-state index in [1.807, 2.05) is 24.6 Å². The molecule has 0 bridgehead atoms. The van der Waals surface area contributed by atoms with Gasteiger partial charge in [0.15, 0.2) is 5.69 Å². The maximum atomic E-state index is 11.7. The predicted octanol–water partition coefficient (Wildman–Crippen LogP) is 2.06. The molecule has 0 saturated heterocycles. The summed E-state index contributed by atoms with van der Waals surface area (Å²) >= 11 is 1.62. The van der Waals surface area contributed by atoms with Crippen LogP contribution in [0, 0.1) is 0 Å². The van der Waals surface area contributed by atoms with Gasteiger partial charge in [0.2, 0.25) is 0 Å². The number of aromatic nitrogens is 2. The summed E-state index contributed by atoms with van der Waals surface area (Å²) in [4.78, 5) is 12.8. The molecule has 0 aromatic carbocycles. The highest BCUT2D eigenvalue weighted by Gasteiger charge is 2.13. The van der Waals surface area contributed by atoms with Crippen molar-refractivity contribution in [2.24, 2.45) is 7.05 Å². The Morgan fingerprint density at radius 1 is 1.71 bits per heavy atom. The summed E-state index contributed by atoms with van der Waals surface area (Å²) in [5.41, 5.74) is 1.38. The number of thiophene rings is 1. The van der Waals surface area contributed by atoms with Crippen molar-refractivity contribution in [3.8, 4) is 10.6 Å². The van der Waals surface area contributed by atoms with Gasteiger partial charge in [0, 0.05) is 13.6 Å². The summed E-state index contributed by atoms with van der Waals surface area (Å²) in [7, 11) is 1.83. The number of carbonyl (C=O) groups excluding carboxylic acids is 1. The lowest BCUT2D eigenvalue weighted by Gasteiger charge is -1.96. The van der Waals surface area contributed by atoms with Gasteiger partial charge >= 0.3 is 0 Å². The first-order chi connectivity index (χ1) is 8.22. The van der Waals surface area contributed by atoms with Gasteiger partial charge in [0.1, 0.15) is 0 Å². The fourth-order valence-corrected chi connectivity index (χ4v) is 2.26. The second kappa shape index (κ2) is 4.97. The number of carbonyl (C=O) groups is 1. The molecule has 88 valence electrons. The topological polar surface area (TPSA) is 46.9 Å². The van der Waals surface area contributed by atoms with Crippen LogP contribution in [-0.4, -0.2) is 22.2 Å². The molecule has 1 N–H and O–H groups in total. The Kier molecular flexibility index (Phi) is 3.39. The van der Waals surface area contributed by atoms with Crippen molar-refractivity contribution >= 4 is 17.2 Å². The summed E-state index contributed by atoms with van der Waals surface area (Å²) in [6.45, 7) is 4.00. The van der Waals surface area contributed by atoms with Crippen molar-refractivity contribution in [2.75, 3.05) is 6.54 Å². The molecule has 2 rings (SSSR count). The van der Waals surface area contributed by atoms with E-state index < -0.39 is 0 Å². The van der Waals surface area contributed by atoms with Gasteiger partial charge in [-0.25, -0.2) is 0 Å². The van der Waals surface area contributed by atoms with Crippen LogP contribution in [-0.2, 0) is 7.05 Å². The van der Waals surface area contributed by atoms with Gasteiger partial charge in [-0.2, -0.15) is 5.10 Å². The molecule has 2 aromatic rings. The highest BCUT2D eigenvalue weighted by atomic mass is 32.1. The van der Waals surface area contributed by atoms with Gasteiger partial charge in [-0.1, -0.05) is 12.1 Å². The fraction of sp³-hybridized carbons (Fsp3) is 0.167. The van der Waals surface area contributed by atoms with Gasteiger partial charge in [-0.05, 0) is 17.5 Å². The van der Waals surface area contributed by atoms with Crippen LogP contribution in [0.3, 0.4) is 0 Å². The number of nitrogens with zero attached hydrogens (tertiary/aromatic N) is 2. The molecule has 0 fully saturated rings. The van der Waals surface area contributed by atoms with Crippen LogP contribution < -0.4 is 5.32 Å². The average Bonchev–Trinajstić information content (AvgIpc) is 2.94.